The van der Waals surface area contributed by atoms with Gasteiger partial charge in [0.15, 0.2) is 0 Å². The van der Waals surface area contributed by atoms with Gasteiger partial charge in [-0.2, -0.15) is 26.3 Å². The third kappa shape index (κ3) is 3.61. The van der Waals surface area contributed by atoms with Crippen molar-refractivity contribution >= 4 is 23.2 Å². The van der Waals surface area contributed by atoms with Gasteiger partial charge in [-0.3, -0.25) is 9.59 Å². The fourth-order valence-corrected chi connectivity index (χ4v) is 3.41. The molecule has 2 N–H and O–H groups in total. The maximum absolute atomic E-state index is 13.8. The van der Waals surface area contributed by atoms with E-state index in [4.69, 9.17) is 0 Å². The summed E-state index contributed by atoms with van der Waals surface area (Å²) < 4.78 is 106. The lowest BCUT2D eigenvalue weighted by atomic mass is 10.00. The highest BCUT2D eigenvalue weighted by Gasteiger charge is 2.42. The molecule has 0 aliphatic carbocycles. The third-order valence-electron chi connectivity index (χ3n) is 4.71. The molecule has 166 valence electrons. The van der Waals surface area contributed by atoms with Crippen LogP contribution >= 0.6 is 0 Å². The molecule has 2 amide bonds. The maximum atomic E-state index is 13.8. The molecule has 4 nitrogen and oxygen atoms in total. The van der Waals surface area contributed by atoms with Crippen molar-refractivity contribution in [2.24, 2.45) is 0 Å². The van der Waals surface area contributed by atoms with Crippen LogP contribution in [0.25, 0.3) is 11.4 Å². The Labute approximate surface area is 173 Å². The first-order valence-corrected chi connectivity index (χ1v) is 8.63. The zero-order valence-corrected chi connectivity index (χ0v) is 15.3. The van der Waals surface area contributed by atoms with E-state index in [-0.39, 0.29) is 12.1 Å². The lowest BCUT2D eigenvalue weighted by Crippen LogP contribution is -2.22. The summed E-state index contributed by atoms with van der Waals surface area (Å²) in [7, 11) is 0. The molecule has 0 atom stereocenters. The number of hydrogen-bond donors (Lipinski definition) is 2. The molecule has 0 fully saturated rings. The van der Waals surface area contributed by atoms with Crippen molar-refractivity contribution in [3.8, 4) is 0 Å². The SMILES string of the molecule is O=C1NC(c2cc(F)cc(C(F)(F)F)c2)=C2C(=O)NC(c3cc(F)cc(C(F)(F)F)c3)=C12. The van der Waals surface area contributed by atoms with Gasteiger partial charge < -0.3 is 10.6 Å². The summed E-state index contributed by atoms with van der Waals surface area (Å²) in [5.41, 5.74) is -5.66. The molecular formula is C20H8F8N2O2. The zero-order valence-electron chi connectivity index (χ0n) is 15.3. The summed E-state index contributed by atoms with van der Waals surface area (Å²) in [6.45, 7) is 0. The van der Waals surface area contributed by atoms with Gasteiger partial charge in [-0.05, 0) is 36.4 Å². The van der Waals surface area contributed by atoms with E-state index in [2.05, 4.69) is 10.6 Å². The molecule has 2 heterocycles. The number of amides is 2. The van der Waals surface area contributed by atoms with E-state index in [9.17, 15) is 44.7 Å². The van der Waals surface area contributed by atoms with E-state index in [1.54, 1.807) is 0 Å². The van der Waals surface area contributed by atoms with Crippen molar-refractivity contribution in [3.05, 3.63) is 81.4 Å². The molecular weight excluding hydrogens is 452 g/mol. The molecule has 2 aliphatic heterocycles. The highest BCUT2D eigenvalue weighted by atomic mass is 19.4. The summed E-state index contributed by atoms with van der Waals surface area (Å²) in [6, 6.07) is 2.74. The molecule has 2 aromatic rings. The lowest BCUT2D eigenvalue weighted by molar-refractivity contribution is -0.138. The summed E-state index contributed by atoms with van der Waals surface area (Å²) in [5.74, 6) is -4.68. The van der Waals surface area contributed by atoms with Crippen LogP contribution in [0, 0.1) is 11.6 Å². The second-order valence-corrected chi connectivity index (χ2v) is 6.86. The summed E-state index contributed by atoms with van der Waals surface area (Å²) in [5, 5.41) is 4.28. The topological polar surface area (TPSA) is 58.2 Å². The molecule has 32 heavy (non-hydrogen) atoms. The van der Waals surface area contributed by atoms with Crippen LogP contribution in [0.2, 0.25) is 0 Å². The fourth-order valence-electron chi connectivity index (χ4n) is 3.41. The Morgan fingerprint density at radius 2 is 0.906 bits per heavy atom. The van der Waals surface area contributed by atoms with Gasteiger partial charge in [0.2, 0.25) is 0 Å². The van der Waals surface area contributed by atoms with Crippen molar-refractivity contribution < 1.29 is 44.7 Å². The molecule has 4 rings (SSSR count). The third-order valence-corrected chi connectivity index (χ3v) is 4.71. The van der Waals surface area contributed by atoms with Crippen LogP contribution in [0.15, 0.2) is 47.5 Å². The van der Waals surface area contributed by atoms with Crippen LogP contribution in [0.3, 0.4) is 0 Å². The quantitative estimate of drug-likeness (QED) is 0.654. The first kappa shape index (κ1) is 21.5. The van der Waals surface area contributed by atoms with E-state index in [1.807, 2.05) is 0 Å². The van der Waals surface area contributed by atoms with Crippen molar-refractivity contribution in [3.63, 3.8) is 0 Å². The van der Waals surface area contributed by atoms with Gasteiger partial charge in [0.1, 0.15) is 11.6 Å². The Bertz CT molecular complexity index is 1160. The number of carbonyl (C=O) groups is 2. The fraction of sp³-hybridized carbons (Fsp3) is 0.100. The Balaban J connectivity index is 1.91. The van der Waals surface area contributed by atoms with Crippen LogP contribution in [-0.2, 0) is 21.9 Å². The minimum Gasteiger partial charge on any atom is -0.321 e. The van der Waals surface area contributed by atoms with Crippen LogP contribution < -0.4 is 10.6 Å². The van der Waals surface area contributed by atoms with E-state index in [1.165, 1.54) is 0 Å². The van der Waals surface area contributed by atoms with Crippen molar-refractivity contribution in [2.45, 2.75) is 12.4 Å². The largest absolute Gasteiger partial charge is 0.416 e. The summed E-state index contributed by atoms with van der Waals surface area (Å²) in [4.78, 5) is 24.9. The number of halogens is 8. The van der Waals surface area contributed by atoms with Crippen LogP contribution in [-0.4, -0.2) is 11.8 Å². The normalized spacial score (nSPS) is 16.5. The van der Waals surface area contributed by atoms with Crippen molar-refractivity contribution in [1.29, 1.82) is 0 Å². The Kier molecular flexibility index (Phi) is 4.64. The molecule has 0 saturated heterocycles. The van der Waals surface area contributed by atoms with E-state index < -0.39 is 80.6 Å². The highest BCUT2D eigenvalue weighted by molar-refractivity contribution is 6.30. The predicted octanol–water partition coefficient (Wildman–Crippen LogP) is 4.38. The Morgan fingerprint density at radius 3 is 1.22 bits per heavy atom. The Hall–Kier alpha value is -3.70. The molecule has 0 bridgehead atoms. The first-order chi connectivity index (χ1) is 14.8. The average molecular weight is 460 g/mol. The smallest absolute Gasteiger partial charge is 0.321 e. The lowest BCUT2D eigenvalue weighted by Gasteiger charge is -2.12. The monoisotopic (exact) mass is 460 g/mol. The molecule has 0 unspecified atom stereocenters. The number of fused-ring (bicyclic) bond motifs is 1. The highest BCUT2D eigenvalue weighted by Crippen LogP contribution is 2.40. The number of rotatable bonds is 2. The molecule has 2 aliphatic rings. The second-order valence-electron chi connectivity index (χ2n) is 6.86. The van der Waals surface area contributed by atoms with Gasteiger partial charge in [-0.15, -0.1) is 0 Å². The van der Waals surface area contributed by atoms with Gasteiger partial charge in [-0.1, -0.05) is 0 Å². The number of benzene rings is 2. The van der Waals surface area contributed by atoms with E-state index in [0.29, 0.717) is 24.3 Å². The van der Waals surface area contributed by atoms with Crippen LogP contribution in [0.5, 0.6) is 0 Å². The number of carbonyl (C=O) groups excluding carboxylic acids is 2. The van der Waals surface area contributed by atoms with Gasteiger partial charge in [0, 0.05) is 11.1 Å². The van der Waals surface area contributed by atoms with Gasteiger partial charge in [-0.25, -0.2) is 8.78 Å². The average Bonchev–Trinajstić information content (AvgIpc) is 3.18. The minimum atomic E-state index is -4.93. The van der Waals surface area contributed by atoms with Gasteiger partial charge >= 0.3 is 12.4 Å². The van der Waals surface area contributed by atoms with Gasteiger partial charge in [0.05, 0.1) is 33.7 Å². The molecule has 0 spiro atoms. The van der Waals surface area contributed by atoms with Gasteiger partial charge in [0.25, 0.3) is 11.8 Å². The number of hydrogen-bond acceptors (Lipinski definition) is 2. The molecule has 0 saturated carbocycles. The maximum Gasteiger partial charge on any atom is 0.416 e. The van der Waals surface area contributed by atoms with E-state index in [0.717, 1.165) is 0 Å². The summed E-state index contributed by atoms with van der Waals surface area (Å²) in [6.07, 6.45) is -9.86. The van der Waals surface area contributed by atoms with Crippen LogP contribution in [0.4, 0.5) is 35.1 Å². The molecule has 12 heteroatoms. The standard InChI is InChI=1S/C20H8F8N2O2/c21-11-3-7(1-9(5-11)19(23,24)25)15-13-14(18(32)29-15)16(30-17(13)31)8-2-10(20(26,27)28)6-12(22)4-8/h1-6H,(H,29,32)(H,30,31). The molecule has 0 radical (unpaired) electrons. The molecule has 0 aromatic heterocycles. The van der Waals surface area contributed by atoms with Crippen molar-refractivity contribution in [2.75, 3.05) is 0 Å². The summed E-state index contributed by atoms with van der Waals surface area (Å²) >= 11 is 0. The predicted molar refractivity (Wildman–Crippen MR) is 92.9 cm³/mol. The minimum absolute atomic E-state index is 0.216. The number of nitrogens with one attached hydrogen (secondary N) is 2. The second kappa shape index (κ2) is 6.90. The first-order valence-electron chi connectivity index (χ1n) is 8.63. The van der Waals surface area contributed by atoms with Crippen molar-refractivity contribution in [1.82, 2.24) is 10.6 Å². The number of alkyl halides is 6. The Morgan fingerprint density at radius 1 is 0.562 bits per heavy atom. The molecule has 2 aromatic carbocycles. The van der Waals surface area contributed by atoms with E-state index >= 15 is 0 Å². The van der Waals surface area contributed by atoms with Crippen LogP contribution in [0.1, 0.15) is 22.3 Å². The zero-order chi connectivity index (χ0) is 23.6.